The first-order chi connectivity index (χ1) is 29.8. The van der Waals surface area contributed by atoms with Crippen molar-refractivity contribution in [1.82, 2.24) is 21.3 Å². The summed E-state index contributed by atoms with van der Waals surface area (Å²) in [5.74, 6) is -5.47. The monoisotopic (exact) mass is 924 g/mol. The predicted octanol–water partition coefficient (Wildman–Crippen LogP) is 4.87. The van der Waals surface area contributed by atoms with Crippen LogP contribution < -0.4 is 31.9 Å². The molecule has 2 aliphatic heterocycles. The third-order valence-corrected chi connectivity index (χ3v) is 14.9. The molecule has 6 N–H and O–H groups in total. The normalized spacial score (nSPS) is 32.9. The molecule has 2 saturated heterocycles. The summed E-state index contributed by atoms with van der Waals surface area (Å²) in [6, 6.07) is 8.80. The van der Waals surface area contributed by atoms with Gasteiger partial charge in [-0.25, -0.2) is 9.59 Å². The number of methoxy groups -OCH3 is 2. The van der Waals surface area contributed by atoms with Crippen molar-refractivity contribution >= 4 is 69.8 Å². The smallest absolute Gasteiger partial charge is 0.416 e. The number of benzene rings is 2. The fourth-order valence-electron chi connectivity index (χ4n) is 12.5. The van der Waals surface area contributed by atoms with Gasteiger partial charge in [-0.2, -0.15) is 26.3 Å². The zero-order valence-corrected chi connectivity index (χ0v) is 35.6. The minimum atomic E-state index is -4.47. The number of hydrogen-bond acceptors (Lipinski definition) is 9. The molecule has 6 bridgehead atoms. The number of nitrogens with one attached hydrogen (secondary N) is 6. The number of fused-ring (bicyclic) bond motifs is 16. The largest absolute Gasteiger partial charge is 0.467 e. The highest BCUT2D eigenvalue weighted by atomic mass is 32.1. The summed E-state index contributed by atoms with van der Waals surface area (Å²) in [6.07, 6.45) is -6.79. The average molecular weight is 925 g/mol. The minimum absolute atomic E-state index is 0.119. The maximum Gasteiger partial charge on any atom is 0.416 e. The lowest BCUT2D eigenvalue weighted by molar-refractivity contribution is -0.188. The van der Waals surface area contributed by atoms with Gasteiger partial charge in [-0.3, -0.25) is 9.59 Å². The second-order valence-electron chi connectivity index (χ2n) is 17.3. The number of halogens is 6. The maximum absolute atomic E-state index is 14.3. The van der Waals surface area contributed by atoms with Gasteiger partial charge in [0.1, 0.15) is 0 Å². The Labute approximate surface area is 368 Å². The summed E-state index contributed by atoms with van der Waals surface area (Å²) in [6.45, 7) is 0.764. The summed E-state index contributed by atoms with van der Waals surface area (Å²) in [4.78, 5) is 56.2. The number of hydrogen-bond donors (Lipinski definition) is 6. The van der Waals surface area contributed by atoms with Gasteiger partial charge in [0, 0.05) is 73.1 Å². The molecule has 12 atom stereocenters. The van der Waals surface area contributed by atoms with Crippen molar-refractivity contribution in [3.05, 3.63) is 59.7 Å². The second kappa shape index (κ2) is 16.7. The Bertz CT molecular complexity index is 2030. The number of amides is 2. The third kappa shape index (κ3) is 7.64. The first kappa shape index (κ1) is 44.8. The molecule has 0 spiro atoms. The maximum atomic E-state index is 14.3. The quantitative estimate of drug-likeness (QED) is 0.0740. The number of carbonyl (C=O) groups is 4. The molecule has 2 aromatic carbocycles. The van der Waals surface area contributed by atoms with E-state index in [2.05, 4.69) is 31.9 Å². The SMILES string of the molecule is COC(=O)C12OC(C(=O)OC)(C3C1[C@@H]1CC(C(=O)NCCNC(=S)Nc4ccc(C(F)(F)F)cc4)[C@H]3C1)C1C2[C@H]2CC(C(=O)NCCNC(=S)Nc3ccc(C(F)(F)F)cc3)[C@@H]1C2. The first-order valence-electron chi connectivity index (χ1n) is 20.7. The molecule has 0 aromatic heterocycles. The number of rotatable bonds is 12. The van der Waals surface area contributed by atoms with Crippen LogP contribution >= 0.6 is 24.4 Å². The lowest BCUT2D eigenvalue weighted by atomic mass is 9.48. The van der Waals surface area contributed by atoms with Crippen molar-refractivity contribution < 1.29 is 59.7 Å². The van der Waals surface area contributed by atoms with E-state index in [9.17, 15) is 45.5 Å². The van der Waals surface area contributed by atoms with Gasteiger partial charge in [0.2, 0.25) is 11.8 Å². The molecule has 6 fully saturated rings. The fraction of sp³-hybridized carbons (Fsp3) is 0.571. The zero-order chi connectivity index (χ0) is 45.2. The Balaban J connectivity index is 0.902. The van der Waals surface area contributed by atoms with E-state index in [1.807, 2.05) is 0 Å². The molecule has 8 unspecified atom stereocenters. The highest BCUT2D eigenvalue weighted by Gasteiger charge is 2.90. The summed E-state index contributed by atoms with van der Waals surface area (Å²) < 4.78 is 95.4. The van der Waals surface area contributed by atoms with E-state index in [0.717, 1.165) is 24.3 Å². The van der Waals surface area contributed by atoms with Crippen molar-refractivity contribution in [1.29, 1.82) is 0 Å². The molecule has 340 valence electrons. The van der Waals surface area contributed by atoms with E-state index < -0.39 is 82.1 Å². The molecule has 6 aliphatic rings. The van der Waals surface area contributed by atoms with Crippen LogP contribution in [-0.2, 0) is 45.7 Å². The lowest BCUT2D eigenvalue weighted by Gasteiger charge is -2.51. The standard InChI is InChI=1S/C42H46F6N6O7S2/c1-59-35(57)39-29-19-15-25(27(17-19)33(55)49-11-13-51-37(62)53-23-7-3-21(4-8-23)41(43,44)45)31(29)40(61-39,36(58)60-2)32-26-16-20(30(32)39)18-28(26)34(56)50-12-14-52-38(63)54-24-9-5-22(6-10-24)42(46,47)48/h3-10,19-20,25-32H,11-18H2,1-2H3,(H,49,55)(H,50,56)(H2,51,53,62)(H2,52,54,63)/t19-,20+,25+,26-,27?,28?,29?,30?,31?,32?,39?,40?. The molecular formula is C42H46F6N6O7S2. The van der Waals surface area contributed by atoms with Crippen molar-refractivity contribution in [3.63, 3.8) is 0 Å². The average Bonchev–Trinajstić information content (AvgIpc) is 4.10. The molecular weight excluding hydrogens is 879 g/mol. The Morgan fingerprint density at radius 3 is 1.29 bits per heavy atom. The van der Waals surface area contributed by atoms with E-state index in [1.54, 1.807) is 0 Å². The first-order valence-corrected chi connectivity index (χ1v) is 21.5. The van der Waals surface area contributed by atoms with Crippen molar-refractivity contribution in [2.45, 2.75) is 49.2 Å². The molecule has 2 amide bonds. The lowest BCUT2D eigenvalue weighted by Crippen LogP contribution is -2.63. The van der Waals surface area contributed by atoms with Gasteiger partial charge < -0.3 is 46.1 Å². The highest BCUT2D eigenvalue weighted by molar-refractivity contribution is 7.80. The zero-order valence-electron chi connectivity index (χ0n) is 34.0. The van der Waals surface area contributed by atoms with E-state index in [1.165, 1.54) is 38.5 Å². The summed E-state index contributed by atoms with van der Waals surface area (Å²) in [5.41, 5.74) is -3.91. The number of alkyl halides is 6. The molecule has 2 heterocycles. The van der Waals surface area contributed by atoms with E-state index in [-0.39, 0.29) is 71.9 Å². The van der Waals surface area contributed by atoms with Crippen LogP contribution in [0, 0.1) is 59.2 Å². The third-order valence-electron chi connectivity index (χ3n) is 14.4. The van der Waals surface area contributed by atoms with Gasteiger partial charge in [0.25, 0.3) is 0 Å². The summed E-state index contributed by atoms with van der Waals surface area (Å²) in [7, 11) is 2.56. The minimum Gasteiger partial charge on any atom is -0.467 e. The second-order valence-corrected chi connectivity index (χ2v) is 18.1. The van der Waals surface area contributed by atoms with E-state index in [0.29, 0.717) is 37.1 Å². The van der Waals surface area contributed by atoms with E-state index in [4.69, 9.17) is 38.6 Å². The van der Waals surface area contributed by atoms with Crippen LogP contribution in [0.15, 0.2) is 48.5 Å². The van der Waals surface area contributed by atoms with Crippen LogP contribution in [0.1, 0.15) is 36.8 Å². The van der Waals surface area contributed by atoms with Crippen LogP contribution in [0.3, 0.4) is 0 Å². The van der Waals surface area contributed by atoms with Gasteiger partial charge in [-0.15, -0.1) is 0 Å². The number of ether oxygens (including phenoxy) is 3. The Hall–Kier alpha value is -4.76. The number of thiocarbonyl (C=S) groups is 2. The predicted molar refractivity (Wildman–Crippen MR) is 221 cm³/mol. The van der Waals surface area contributed by atoms with Gasteiger partial charge >= 0.3 is 24.3 Å². The number of esters is 2. The van der Waals surface area contributed by atoms with Crippen LogP contribution in [0.4, 0.5) is 37.7 Å². The topological polar surface area (TPSA) is 168 Å². The van der Waals surface area contributed by atoms with Crippen molar-refractivity contribution in [2.24, 2.45) is 59.2 Å². The number of carbonyl (C=O) groups excluding carboxylic acids is 4. The Kier molecular flexibility index (Phi) is 11.9. The van der Waals surface area contributed by atoms with Crippen molar-refractivity contribution in [2.75, 3.05) is 51.0 Å². The van der Waals surface area contributed by atoms with Gasteiger partial charge in [-0.05, 0) is 122 Å². The molecule has 4 saturated carbocycles. The van der Waals surface area contributed by atoms with Gasteiger partial charge in [0.05, 0.1) is 25.3 Å². The Morgan fingerprint density at radius 2 is 0.937 bits per heavy atom. The van der Waals surface area contributed by atoms with Crippen LogP contribution in [0.25, 0.3) is 0 Å². The summed E-state index contributed by atoms with van der Waals surface area (Å²) >= 11 is 10.6. The molecule has 2 aromatic rings. The molecule has 8 rings (SSSR count). The van der Waals surface area contributed by atoms with Crippen LogP contribution in [-0.4, -0.2) is 85.6 Å². The van der Waals surface area contributed by atoms with Gasteiger partial charge in [-0.1, -0.05) is 0 Å². The van der Waals surface area contributed by atoms with Crippen molar-refractivity contribution in [3.8, 4) is 0 Å². The highest BCUT2D eigenvalue weighted by Crippen LogP contribution is 2.80. The fourth-order valence-corrected chi connectivity index (χ4v) is 12.9. The van der Waals surface area contributed by atoms with Gasteiger partial charge in [0.15, 0.2) is 21.4 Å². The molecule has 63 heavy (non-hydrogen) atoms. The molecule has 13 nitrogen and oxygen atoms in total. The molecule has 21 heteroatoms. The molecule has 4 aliphatic carbocycles. The Morgan fingerprint density at radius 1 is 0.587 bits per heavy atom. The molecule has 0 radical (unpaired) electrons. The van der Waals surface area contributed by atoms with E-state index >= 15 is 0 Å². The van der Waals surface area contributed by atoms with Crippen LogP contribution in [0.5, 0.6) is 0 Å². The summed E-state index contributed by atoms with van der Waals surface area (Å²) in [5, 5.41) is 17.7. The van der Waals surface area contributed by atoms with Crippen LogP contribution in [0.2, 0.25) is 0 Å². The number of anilines is 2.